The van der Waals surface area contributed by atoms with Gasteiger partial charge in [0.25, 0.3) is 0 Å². The quantitative estimate of drug-likeness (QED) is 0.870. The second-order valence-electron chi connectivity index (χ2n) is 5.27. The lowest BCUT2D eigenvalue weighted by Crippen LogP contribution is -2.17. The summed E-state index contributed by atoms with van der Waals surface area (Å²) in [5, 5.41) is 13.4. The number of aliphatic carboxylic acids is 1. The van der Waals surface area contributed by atoms with E-state index in [2.05, 4.69) is 11.4 Å². The molecule has 2 heterocycles. The first-order chi connectivity index (χ1) is 9.06. The molecular weight excluding hydrogens is 242 g/mol. The number of aryl methyl sites for hydroxylation is 2. The first kappa shape index (κ1) is 12.2. The molecule has 3 rings (SSSR count). The molecule has 2 unspecified atom stereocenters. The van der Waals surface area contributed by atoms with Gasteiger partial charge in [-0.2, -0.15) is 0 Å². The molecule has 0 spiro atoms. The molecule has 1 aliphatic rings. The van der Waals surface area contributed by atoms with E-state index in [-0.39, 0.29) is 12.0 Å². The molecule has 0 aliphatic carbocycles. The lowest BCUT2D eigenvalue weighted by molar-refractivity contribution is -0.141. The van der Waals surface area contributed by atoms with Gasteiger partial charge in [0.15, 0.2) is 0 Å². The lowest BCUT2D eigenvalue weighted by atomic mass is 9.98. The number of rotatable bonds is 2. The molecule has 1 aliphatic heterocycles. The minimum atomic E-state index is -0.716. The van der Waals surface area contributed by atoms with Crippen LogP contribution in [0.15, 0.2) is 22.6 Å². The maximum Gasteiger partial charge on any atom is 0.307 e. The van der Waals surface area contributed by atoms with Gasteiger partial charge in [0.05, 0.1) is 5.92 Å². The van der Waals surface area contributed by atoms with Crippen LogP contribution in [0.2, 0.25) is 0 Å². The molecule has 0 saturated carbocycles. The van der Waals surface area contributed by atoms with Gasteiger partial charge in [-0.05, 0) is 43.5 Å². The molecular formula is C15H17NO3. The van der Waals surface area contributed by atoms with Gasteiger partial charge in [0, 0.05) is 18.0 Å². The van der Waals surface area contributed by atoms with Crippen LogP contribution < -0.4 is 5.32 Å². The Morgan fingerprint density at radius 1 is 1.42 bits per heavy atom. The average Bonchev–Trinajstić information content (AvgIpc) is 2.96. The van der Waals surface area contributed by atoms with E-state index in [0.29, 0.717) is 13.0 Å². The van der Waals surface area contributed by atoms with E-state index in [1.54, 1.807) is 0 Å². The molecule has 4 nitrogen and oxygen atoms in total. The van der Waals surface area contributed by atoms with Crippen LogP contribution >= 0.6 is 0 Å². The molecule has 1 saturated heterocycles. The molecule has 100 valence electrons. The number of fused-ring (bicyclic) bond motifs is 1. The number of carbonyl (C=O) groups is 1. The highest BCUT2D eigenvalue weighted by molar-refractivity contribution is 5.82. The molecule has 2 N–H and O–H groups in total. The third-order valence-electron chi connectivity index (χ3n) is 4.08. The number of carboxylic acid groups (broad SMARTS) is 1. The number of nitrogens with one attached hydrogen (secondary N) is 1. The summed E-state index contributed by atoms with van der Waals surface area (Å²) >= 11 is 0. The number of benzene rings is 1. The van der Waals surface area contributed by atoms with Crippen LogP contribution in [-0.2, 0) is 4.79 Å². The van der Waals surface area contributed by atoms with E-state index in [0.717, 1.165) is 27.9 Å². The van der Waals surface area contributed by atoms with Crippen LogP contribution in [0, 0.1) is 19.8 Å². The minimum absolute atomic E-state index is 0.125. The summed E-state index contributed by atoms with van der Waals surface area (Å²) in [4.78, 5) is 11.0. The molecule has 4 heteroatoms. The predicted octanol–water partition coefficient (Wildman–Crippen LogP) is 2.78. The van der Waals surface area contributed by atoms with E-state index >= 15 is 0 Å². The Labute approximate surface area is 111 Å². The van der Waals surface area contributed by atoms with E-state index < -0.39 is 5.97 Å². The smallest absolute Gasteiger partial charge is 0.307 e. The van der Waals surface area contributed by atoms with E-state index in [1.165, 1.54) is 0 Å². The Bertz CT molecular complexity index is 644. The van der Waals surface area contributed by atoms with Gasteiger partial charge in [0.1, 0.15) is 11.3 Å². The van der Waals surface area contributed by atoms with Gasteiger partial charge < -0.3 is 14.8 Å². The molecule has 1 fully saturated rings. The van der Waals surface area contributed by atoms with E-state index in [4.69, 9.17) is 9.52 Å². The highest BCUT2D eigenvalue weighted by Crippen LogP contribution is 2.32. The largest absolute Gasteiger partial charge is 0.481 e. The van der Waals surface area contributed by atoms with E-state index in [1.807, 2.05) is 26.0 Å². The van der Waals surface area contributed by atoms with Crippen molar-refractivity contribution in [2.45, 2.75) is 26.3 Å². The van der Waals surface area contributed by atoms with Crippen molar-refractivity contribution in [1.29, 1.82) is 0 Å². The van der Waals surface area contributed by atoms with Crippen molar-refractivity contribution in [2.75, 3.05) is 6.54 Å². The fourth-order valence-corrected chi connectivity index (χ4v) is 2.76. The molecule has 1 aromatic carbocycles. The van der Waals surface area contributed by atoms with Crippen molar-refractivity contribution in [3.63, 3.8) is 0 Å². The van der Waals surface area contributed by atoms with Crippen molar-refractivity contribution in [3.8, 4) is 0 Å². The third-order valence-corrected chi connectivity index (χ3v) is 4.08. The highest BCUT2D eigenvalue weighted by atomic mass is 16.4. The SMILES string of the molecule is Cc1oc2ccc(C3CC(C(=O)O)CN3)cc2c1C. The first-order valence-electron chi connectivity index (χ1n) is 6.52. The maximum atomic E-state index is 11.0. The molecule has 0 amide bonds. The van der Waals surface area contributed by atoms with Crippen LogP contribution in [-0.4, -0.2) is 17.6 Å². The lowest BCUT2D eigenvalue weighted by Gasteiger charge is -2.10. The monoisotopic (exact) mass is 259 g/mol. The summed E-state index contributed by atoms with van der Waals surface area (Å²) in [5.74, 6) is -0.0609. The summed E-state index contributed by atoms with van der Waals surface area (Å²) in [6, 6.07) is 6.23. The first-order valence-corrected chi connectivity index (χ1v) is 6.52. The van der Waals surface area contributed by atoms with Gasteiger partial charge >= 0.3 is 5.97 Å². The average molecular weight is 259 g/mol. The van der Waals surface area contributed by atoms with Crippen LogP contribution in [0.3, 0.4) is 0 Å². The zero-order valence-corrected chi connectivity index (χ0v) is 11.1. The second kappa shape index (κ2) is 4.38. The number of hydrogen-bond donors (Lipinski definition) is 2. The predicted molar refractivity (Wildman–Crippen MR) is 72.2 cm³/mol. The molecule has 1 aromatic heterocycles. The van der Waals surface area contributed by atoms with Crippen molar-refractivity contribution in [3.05, 3.63) is 35.1 Å². The fourth-order valence-electron chi connectivity index (χ4n) is 2.76. The zero-order chi connectivity index (χ0) is 13.6. The fraction of sp³-hybridized carbons (Fsp3) is 0.400. The summed E-state index contributed by atoms with van der Waals surface area (Å²) < 4.78 is 5.66. The second-order valence-corrected chi connectivity index (χ2v) is 5.27. The highest BCUT2D eigenvalue weighted by Gasteiger charge is 2.30. The number of furan rings is 1. The molecule has 19 heavy (non-hydrogen) atoms. The Morgan fingerprint density at radius 3 is 2.89 bits per heavy atom. The van der Waals surface area contributed by atoms with E-state index in [9.17, 15) is 4.79 Å². The normalized spacial score (nSPS) is 23.1. The molecule has 0 bridgehead atoms. The standard InChI is InChI=1S/C15H17NO3/c1-8-9(2)19-14-4-3-10(5-12(8)14)13-6-11(7-16-13)15(17)18/h3-5,11,13,16H,6-7H2,1-2H3,(H,17,18). The maximum absolute atomic E-state index is 11.0. The summed E-state index contributed by atoms with van der Waals surface area (Å²) in [6.07, 6.45) is 0.650. The molecule has 2 aromatic rings. The Hall–Kier alpha value is -1.81. The van der Waals surface area contributed by atoms with Crippen LogP contribution in [0.4, 0.5) is 0 Å². The Morgan fingerprint density at radius 2 is 2.21 bits per heavy atom. The van der Waals surface area contributed by atoms with Gasteiger partial charge in [-0.1, -0.05) is 6.07 Å². The van der Waals surface area contributed by atoms with Crippen molar-refractivity contribution < 1.29 is 14.3 Å². The molecule has 0 radical (unpaired) electrons. The minimum Gasteiger partial charge on any atom is -0.481 e. The number of carboxylic acids is 1. The molecule has 2 atom stereocenters. The summed E-state index contributed by atoms with van der Waals surface area (Å²) in [6.45, 7) is 4.55. The Kier molecular flexibility index (Phi) is 2.82. The van der Waals surface area contributed by atoms with Gasteiger partial charge in [-0.3, -0.25) is 4.79 Å². The summed E-state index contributed by atoms with van der Waals surface area (Å²) in [5.41, 5.74) is 3.19. The third kappa shape index (κ3) is 2.02. The van der Waals surface area contributed by atoms with Gasteiger partial charge in [-0.15, -0.1) is 0 Å². The van der Waals surface area contributed by atoms with Crippen LogP contribution in [0.1, 0.15) is 29.3 Å². The van der Waals surface area contributed by atoms with Crippen molar-refractivity contribution in [1.82, 2.24) is 5.32 Å². The van der Waals surface area contributed by atoms with Gasteiger partial charge in [-0.25, -0.2) is 0 Å². The topological polar surface area (TPSA) is 62.5 Å². The van der Waals surface area contributed by atoms with Crippen LogP contribution in [0.25, 0.3) is 11.0 Å². The van der Waals surface area contributed by atoms with Gasteiger partial charge in [0.2, 0.25) is 0 Å². The zero-order valence-electron chi connectivity index (χ0n) is 11.1. The number of hydrogen-bond acceptors (Lipinski definition) is 3. The Balaban J connectivity index is 1.94. The van der Waals surface area contributed by atoms with Crippen molar-refractivity contribution >= 4 is 16.9 Å². The van der Waals surface area contributed by atoms with Crippen LogP contribution in [0.5, 0.6) is 0 Å². The van der Waals surface area contributed by atoms with Crippen molar-refractivity contribution in [2.24, 2.45) is 5.92 Å². The summed E-state index contributed by atoms with van der Waals surface area (Å²) in [7, 11) is 0.